The monoisotopic (exact) mass is 321 g/mol. The topological polar surface area (TPSA) is 55.4 Å². The number of ether oxygens (including phenoxy) is 1. The van der Waals surface area contributed by atoms with Crippen molar-refractivity contribution in [3.05, 3.63) is 51.0 Å². The van der Waals surface area contributed by atoms with Crippen LogP contribution in [0.4, 0.5) is 10.1 Å². The summed E-state index contributed by atoms with van der Waals surface area (Å²) in [6, 6.07) is 6.19. The van der Waals surface area contributed by atoms with E-state index in [1.165, 1.54) is 23.5 Å². The Bertz CT molecular complexity index is 724. The first kappa shape index (κ1) is 16.2. The summed E-state index contributed by atoms with van der Waals surface area (Å²) in [4.78, 5) is 25.4. The maximum atomic E-state index is 13.6. The van der Waals surface area contributed by atoms with Crippen LogP contribution < -0.4 is 5.32 Å². The molecule has 0 unspecified atom stereocenters. The molecule has 0 saturated carbocycles. The highest BCUT2D eigenvalue weighted by atomic mass is 32.1. The number of carbonyl (C=O) groups excluding carboxylic acids is 2. The van der Waals surface area contributed by atoms with E-state index < -0.39 is 24.3 Å². The fourth-order valence-corrected chi connectivity index (χ4v) is 2.86. The lowest BCUT2D eigenvalue weighted by molar-refractivity contribution is -0.119. The molecule has 0 spiro atoms. The first-order valence-electron chi connectivity index (χ1n) is 6.67. The third-order valence-corrected chi connectivity index (χ3v) is 3.96. The number of hydrogen-bond donors (Lipinski definition) is 1. The van der Waals surface area contributed by atoms with Crippen LogP contribution in [0, 0.1) is 26.6 Å². The van der Waals surface area contributed by atoms with Crippen LogP contribution in [-0.4, -0.2) is 18.5 Å². The molecule has 1 N–H and O–H groups in total. The zero-order valence-corrected chi connectivity index (χ0v) is 13.3. The molecular formula is C16H16FNO3S. The summed E-state index contributed by atoms with van der Waals surface area (Å²) >= 11 is 1.49. The summed E-state index contributed by atoms with van der Waals surface area (Å²) in [6.45, 7) is 5.00. The second kappa shape index (κ2) is 6.70. The number of aryl methyl sites for hydroxylation is 3. The maximum Gasteiger partial charge on any atom is 0.339 e. The van der Waals surface area contributed by atoms with Gasteiger partial charge in [0.1, 0.15) is 5.82 Å². The van der Waals surface area contributed by atoms with Crippen LogP contribution >= 0.6 is 11.3 Å². The first-order valence-corrected chi connectivity index (χ1v) is 7.48. The average molecular weight is 321 g/mol. The van der Waals surface area contributed by atoms with Crippen LogP contribution in [0.3, 0.4) is 0 Å². The molecular weight excluding hydrogens is 305 g/mol. The SMILES string of the molecule is Cc1ccc(NC(=O)COC(=O)c2cc(C)sc2C)c(F)c1. The van der Waals surface area contributed by atoms with Gasteiger partial charge in [-0.3, -0.25) is 4.79 Å². The number of anilines is 1. The molecule has 0 atom stereocenters. The van der Waals surface area contributed by atoms with Crippen LogP contribution in [0.15, 0.2) is 24.3 Å². The van der Waals surface area contributed by atoms with Gasteiger partial charge in [0.05, 0.1) is 11.3 Å². The van der Waals surface area contributed by atoms with Gasteiger partial charge in [-0.05, 0) is 44.5 Å². The average Bonchev–Trinajstić information content (AvgIpc) is 2.78. The van der Waals surface area contributed by atoms with Gasteiger partial charge >= 0.3 is 5.97 Å². The molecule has 0 radical (unpaired) electrons. The number of benzene rings is 1. The van der Waals surface area contributed by atoms with E-state index in [4.69, 9.17) is 4.74 Å². The number of carbonyl (C=O) groups is 2. The molecule has 1 heterocycles. The van der Waals surface area contributed by atoms with Crippen LogP contribution in [0.5, 0.6) is 0 Å². The number of halogens is 1. The van der Waals surface area contributed by atoms with Gasteiger partial charge in [-0.15, -0.1) is 11.3 Å². The van der Waals surface area contributed by atoms with Crippen molar-refractivity contribution in [1.82, 2.24) is 0 Å². The zero-order valence-electron chi connectivity index (χ0n) is 12.5. The van der Waals surface area contributed by atoms with Crippen molar-refractivity contribution in [3.63, 3.8) is 0 Å². The minimum atomic E-state index is -0.583. The van der Waals surface area contributed by atoms with E-state index in [1.807, 2.05) is 13.8 Å². The number of thiophene rings is 1. The van der Waals surface area contributed by atoms with E-state index in [-0.39, 0.29) is 5.69 Å². The molecule has 6 heteroatoms. The van der Waals surface area contributed by atoms with Gasteiger partial charge in [0.2, 0.25) is 0 Å². The molecule has 1 amide bonds. The third-order valence-electron chi connectivity index (χ3n) is 2.99. The van der Waals surface area contributed by atoms with Gasteiger partial charge in [-0.1, -0.05) is 6.07 Å². The molecule has 1 aromatic heterocycles. The molecule has 116 valence electrons. The number of esters is 1. The number of rotatable bonds is 4. The quantitative estimate of drug-likeness (QED) is 0.875. The van der Waals surface area contributed by atoms with E-state index in [9.17, 15) is 14.0 Å². The normalized spacial score (nSPS) is 10.4. The fourth-order valence-electron chi connectivity index (χ4n) is 1.95. The molecule has 0 fully saturated rings. The molecule has 0 aliphatic carbocycles. The minimum Gasteiger partial charge on any atom is -0.452 e. The van der Waals surface area contributed by atoms with E-state index in [0.29, 0.717) is 5.56 Å². The number of nitrogens with one attached hydrogen (secondary N) is 1. The predicted octanol–water partition coefficient (Wildman–Crippen LogP) is 3.61. The minimum absolute atomic E-state index is 0.0641. The molecule has 0 aliphatic heterocycles. The lowest BCUT2D eigenvalue weighted by Gasteiger charge is -2.08. The second-order valence-electron chi connectivity index (χ2n) is 4.93. The predicted molar refractivity (Wildman–Crippen MR) is 83.8 cm³/mol. The molecule has 2 rings (SSSR count). The van der Waals surface area contributed by atoms with Gasteiger partial charge in [0, 0.05) is 9.75 Å². The van der Waals surface area contributed by atoms with Crippen molar-refractivity contribution in [2.24, 2.45) is 0 Å². The Balaban J connectivity index is 1.92. The van der Waals surface area contributed by atoms with Crippen molar-refractivity contribution < 1.29 is 18.7 Å². The summed E-state index contributed by atoms with van der Waals surface area (Å²) < 4.78 is 18.6. The summed E-state index contributed by atoms with van der Waals surface area (Å²) in [5.74, 6) is -1.66. The standard InChI is InChI=1S/C16H16FNO3S/c1-9-4-5-14(13(17)6-9)18-15(19)8-21-16(20)12-7-10(2)22-11(12)3/h4-7H,8H2,1-3H3,(H,18,19). The van der Waals surface area contributed by atoms with Crippen molar-refractivity contribution in [3.8, 4) is 0 Å². The maximum absolute atomic E-state index is 13.6. The third kappa shape index (κ3) is 3.92. The molecule has 0 aliphatic rings. The Kier molecular flexibility index (Phi) is 4.92. The summed E-state index contributed by atoms with van der Waals surface area (Å²) in [7, 11) is 0. The molecule has 0 saturated heterocycles. The first-order chi connectivity index (χ1) is 10.4. The Labute approximate surface area is 131 Å². The highest BCUT2D eigenvalue weighted by Crippen LogP contribution is 2.21. The summed E-state index contributed by atoms with van der Waals surface area (Å²) in [5.41, 5.74) is 1.27. The second-order valence-corrected chi connectivity index (χ2v) is 6.39. The van der Waals surface area contributed by atoms with Gasteiger partial charge in [0.25, 0.3) is 5.91 Å². The van der Waals surface area contributed by atoms with Crippen LogP contribution in [-0.2, 0) is 9.53 Å². The Morgan fingerprint density at radius 2 is 1.95 bits per heavy atom. The highest BCUT2D eigenvalue weighted by molar-refractivity contribution is 7.12. The Morgan fingerprint density at radius 3 is 2.55 bits per heavy atom. The highest BCUT2D eigenvalue weighted by Gasteiger charge is 2.15. The molecule has 4 nitrogen and oxygen atoms in total. The largest absolute Gasteiger partial charge is 0.452 e. The van der Waals surface area contributed by atoms with Crippen LogP contribution in [0.2, 0.25) is 0 Å². The van der Waals surface area contributed by atoms with E-state index in [2.05, 4.69) is 5.32 Å². The van der Waals surface area contributed by atoms with E-state index >= 15 is 0 Å². The van der Waals surface area contributed by atoms with Gasteiger partial charge in [-0.25, -0.2) is 9.18 Å². The molecule has 0 bridgehead atoms. The van der Waals surface area contributed by atoms with E-state index in [0.717, 1.165) is 15.3 Å². The van der Waals surface area contributed by atoms with Crippen molar-refractivity contribution in [2.45, 2.75) is 20.8 Å². The van der Waals surface area contributed by atoms with Gasteiger partial charge < -0.3 is 10.1 Å². The lowest BCUT2D eigenvalue weighted by atomic mass is 10.2. The summed E-state index contributed by atoms with van der Waals surface area (Å²) in [5, 5.41) is 2.38. The molecule has 22 heavy (non-hydrogen) atoms. The number of hydrogen-bond acceptors (Lipinski definition) is 4. The van der Waals surface area contributed by atoms with E-state index in [1.54, 1.807) is 19.1 Å². The van der Waals surface area contributed by atoms with Crippen molar-refractivity contribution in [1.29, 1.82) is 0 Å². The van der Waals surface area contributed by atoms with Crippen molar-refractivity contribution in [2.75, 3.05) is 11.9 Å². The number of amides is 1. The van der Waals surface area contributed by atoms with Crippen molar-refractivity contribution >= 4 is 28.9 Å². The lowest BCUT2D eigenvalue weighted by Crippen LogP contribution is -2.21. The van der Waals surface area contributed by atoms with Crippen LogP contribution in [0.25, 0.3) is 0 Å². The Morgan fingerprint density at radius 1 is 1.23 bits per heavy atom. The van der Waals surface area contributed by atoms with Crippen LogP contribution in [0.1, 0.15) is 25.7 Å². The van der Waals surface area contributed by atoms with Gasteiger partial charge in [-0.2, -0.15) is 0 Å². The smallest absolute Gasteiger partial charge is 0.339 e. The Hall–Kier alpha value is -2.21. The van der Waals surface area contributed by atoms with Gasteiger partial charge in [0.15, 0.2) is 6.61 Å². The zero-order chi connectivity index (χ0) is 16.3. The molecule has 2 aromatic rings. The fraction of sp³-hybridized carbons (Fsp3) is 0.250. The summed E-state index contributed by atoms with van der Waals surface area (Å²) in [6.07, 6.45) is 0. The molecule has 1 aromatic carbocycles.